The van der Waals surface area contributed by atoms with Crippen molar-refractivity contribution in [2.45, 2.75) is 73.7 Å². The fourth-order valence-corrected chi connectivity index (χ4v) is 8.40. The fourth-order valence-electron chi connectivity index (χ4n) is 6.86. The topological polar surface area (TPSA) is 70.8 Å². The molecule has 3 aliphatic rings. The molecule has 3 aromatic carbocycles. The van der Waals surface area contributed by atoms with E-state index in [1.54, 1.807) is 18.2 Å². The van der Waals surface area contributed by atoms with E-state index in [9.17, 15) is 18.0 Å². The summed E-state index contributed by atoms with van der Waals surface area (Å²) in [7, 11) is 1.38. The number of benzene rings is 3. The highest BCUT2D eigenvalue weighted by Crippen LogP contribution is 2.52. The van der Waals surface area contributed by atoms with Gasteiger partial charge in [0.05, 0.1) is 25.4 Å². The van der Waals surface area contributed by atoms with E-state index >= 15 is 0 Å². The number of thioether (sulfide) groups is 1. The maximum atomic E-state index is 13.1. The number of methoxy groups -OCH3 is 1. The maximum absolute atomic E-state index is 13.1. The van der Waals surface area contributed by atoms with Gasteiger partial charge in [-0.05, 0) is 97.5 Å². The Kier molecular flexibility index (Phi) is 7.82. The first-order chi connectivity index (χ1) is 21.3. The number of ether oxygens (including phenoxy) is 3. The van der Waals surface area contributed by atoms with Crippen molar-refractivity contribution in [1.82, 2.24) is 5.16 Å². The Morgan fingerprint density at radius 2 is 1.70 bits per heavy atom. The first-order valence-corrected chi connectivity index (χ1v) is 15.9. The number of nitrogens with zero attached hydrogens (tertiary/aromatic N) is 1. The lowest BCUT2D eigenvalue weighted by Crippen LogP contribution is -2.32. The molecule has 230 valence electrons. The van der Waals surface area contributed by atoms with Gasteiger partial charge in [-0.2, -0.15) is 0 Å². The van der Waals surface area contributed by atoms with Gasteiger partial charge in [0.1, 0.15) is 17.2 Å². The van der Waals surface area contributed by atoms with Crippen molar-refractivity contribution >= 4 is 28.5 Å². The van der Waals surface area contributed by atoms with Gasteiger partial charge in [0.15, 0.2) is 0 Å². The summed E-state index contributed by atoms with van der Waals surface area (Å²) in [5.74, 6) is 1.33. The lowest BCUT2D eigenvalue weighted by Gasteiger charge is -2.35. The maximum Gasteiger partial charge on any atom is 0.573 e. The van der Waals surface area contributed by atoms with E-state index in [2.05, 4.69) is 28.1 Å². The summed E-state index contributed by atoms with van der Waals surface area (Å²) >= 11 is 1.93. The molecule has 0 saturated heterocycles. The number of esters is 1. The molecule has 1 heterocycles. The fraction of sp³-hybridized carbons (Fsp3) is 0.412. The number of carbonyl (C=O) groups excluding carboxylic acids is 1. The van der Waals surface area contributed by atoms with Crippen LogP contribution in [0.5, 0.6) is 5.75 Å². The Balaban J connectivity index is 1.04. The molecule has 0 spiro atoms. The number of carbonyl (C=O) groups is 1. The summed E-state index contributed by atoms with van der Waals surface area (Å²) in [5, 5.41) is 6.81. The molecular weight excluding hydrogens is 591 g/mol. The van der Waals surface area contributed by atoms with E-state index in [1.165, 1.54) is 24.1 Å². The average molecular weight is 624 g/mol. The lowest BCUT2D eigenvalue weighted by molar-refractivity contribution is -0.274. The number of halogens is 3. The summed E-state index contributed by atoms with van der Waals surface area (Å²) in [6.45, 7) is 0.241. The van der Waals surface area contributed by atoms with Gasteiger partial charge in [-0.25, -0.2) is 4.79 Å². The van der Waals surface area contributed by atoms with Gasteiger partial charge in [-0.1, -0.05) is 29.4 Å². The summed E-state index contributed by atoms with van der Waals surface area (Å²) in [4.78, 5) is 13.1. The first kappa shape index (κ1) is 29.2. The van der Waals surface area contributed by atoms with E-state index in [4.69, 9.17) is 14.0 Å². The van der Waals surface area contributed by atoms with Crippen LogP contribution in [0, 0.1) is 11.8 Å². The molecule has 0 radical (unpaired) electrons. The van der Waals surface area contributed by atoms with Crippen LogP contribution in [-0.2, 0) is 16.1 Å². The molecule has 0 aliphatic heterocycles. The zero-order valence-corrected chi connectivity index (χ0v) is 25.0. The second kappa shape index (κ2) is 11.8. The number of hydrogen-bond acceptors (Lipinski definition) is 7. The Labute approximate surface area is 257 Å². The van der Waals surface area contributed by atoms with Crippen molar-refractivity contribution in [3.63, 3.8) is 0 Å². The monoisotopic (exact) mass is 623 g/mol. The Bertz CT molecular complexity index is 1670. The van der Waals surface area contributed by atoms with Crippen LogP contribution < -0.4 is 4.74 Å². The van der Waals surface area contributed by atoms with Crippen LogP contribution in [0.2, 0.25) is 0 Å². The zero-order chi connectivity index (χ0) is 30.4. The second-order valence-electron chi connectivity index (χ2n) is 12.0. The third-order valence-electron chi connectivity index (χ3n) is 9.07. The Hall–Kier alpha value is -3.50. The summed E-state index contributed by atoms with van der Waals surface area (Å²) in [6, 6.07) is 18.1. The molecule has 4 atom stereocenters. The number of fused-ring (bicyclic) bond motifs is 3. The molecule has 4 aromatic rings. The number of hydrogen-bond donors (Lipinski definition) is 0. The van der Waals surface area contributed by atoms with Crippen LogP contribution in [0.25, 0.3) is 22.0 Å². The highest BCUT2D eigenvalue weighted by atomic mass is 32.2. The molecule has 0 N–H and O–H groups in total. The van der Waals surface area contributed by atoms with Gasteiger partial charge in [0.2, 0.25) is 0 Å². The quantitative estimate of drug-likeness (QED) is 0.172. The minimum atomic E-state index is -4.81. The van der Waals surface area contributed by atoms with Crippen molar-refractivity contribution in [2.75, 3.05) is 7.11 Å². The smallest absolute Gasteiger partial charge is 0.465 e. The van der Waals surface area contributed by atoms with E-state index in [0.29, 0.717) is 34.1 Å². The highest BCUT2D eigenvalue weighted by molar-refractivity contribution is 8.00. The van der Waals surface area contributed by atoms with E-state index in [-0.39, 0.29) is 35.9 Å². The first-order valence-electron chi connectivity index (χ1n) is 15.0. The molecule has 3 saturated carbocycles. The second-order valence-corrected chi connectivity index (χ2v) is 13.2. The van der Waals surface area contributed by atoms with Crippen LogP contribution in [0.4, 0.5) is 13.2 Å². The third kappa shape index (κ3) is 6.06. The molecule has 10 heteroatoms. The van der Waals surface area contributed by atoms with Crippen LogP contribution in [0.15, 0.2) is 70.1 Å². The summed E-state index contributed by atoms with van der Waals surface area (Å²) in [5.41, 5.74) is 1.87. The minimum Gasteiger partial charge on any atom is -0.465 e. The molecule has 2 bridgehead atoms. The highest BCUT2D eigenvalue weighted by Gasteiger charge is 2.44. The van der Waals surface area contributed by atoms with E-state index < -0.39 is 6.36 Å². The molecule has 0 amide bonds. The van der Waals surface area contributed by atoms with E-state index in [0.717, 1.165) is 54.9 Å². The van der Waals surface area contributed by atoms with Crippen LogP contribution in [-0.4, -0.2) is 36.0 Å². The summed E-state index contributed by atoms with van der Waals surface area (Å²) in [6.07, 6.45) is 1.39. The van der Waals surface area contributed by atoms with Gasteiger partial charge in [0, 0.05) is 27.2 Å². The zero-order valence-electron chi connectivity index (χ0n) is 24.1. The average Bonchev–Trinajstić information content (AvgIpc) is 3.73. The van der Waals surface area contributed by atoms with Gasteiger partial charge in [0.25, 0.3) is 0 Å². The van der Waals surface area contributed by atoms with Crippen molar-refractivity contribution in [3.05, 3.63) is 77.6 Å². The molecule has 1 aromatic heterocycles. The third-order valence-corrected chi connectivity index (χ3v) is 10.6. The predicted molar refractivity (Wildman–Crippen MR) is 160 cm³/mol. The number of alkyl halides is 3. The van der Waals surface area contributed by atoms with Gasteiger partial charge in [-0.15, -0.1) is 24.9 Å². The van der Waals surface area contributed by atoms with Crippen molar-refractivity contribution in [1.29, 1.82) is 0 Å². The number of aromatic nitrogens is 1. The van der Waals surface area contributed by atoms with Gasteiger partial charge in [-0.3, -0.25) is 0 Å². The van der Waals surface area contributed by atoms with Crippen molar-refractivity contribution in [3.8, 4) is 17.0 Å². The van der Waals surface area contributed by atoms with Crippen LogP contribution in [0.1, 0.15) is 66.1 Å². The number of rotatable bonds is 9. The van der Waals surface area contributed by atoms with Gasteiger partial charge >= 0.3 is 12.3 Å². The SMILES string of the molecule is COC(=O)c1ccc2cc(SC3[C@@H]4CC[C@H]3CC(OCc3c(-c5ccccc5OC(F)(F)F)noc3C3CC3)C4)ccc2c1. The summed E-state index contributed by atoms with van der Waals surface area (Å²) < 4.78 is 60.8. The number of para-hydroxylation sites is 1. The Morgan fingerprint density at radius 1 is 0.977 bits per heavy atom. The molecule has 44 heavy (non-hydrogen) atoms. The van der Waals surface area contributed by atoms with Crippen molar-refractivity contribution < 1.29 is 36.7 Å². The standard InChI is InChI=1S/C34H32F3NO5S/c1-40-33(39)24-11-8-21-17-26(13-12-20(21)14-24)44-32-22-9-10-23(32)16-25(15-22)41-18-28-30(38-43-31(28)19-6-7-19)27-4-2-3-5-29(27)42-34(35,36)37/h2-5,8,11-14,17,19,22-23,25,32H,6-7,9-10,15-16,18H2,1H3/t22-,23+,25?,32?. The molecule has 3 aliphatic carbocycles. The largest absolute Gasteiger partial charge is 0.573 e. The molecule has 2 unspecified atom stereocenters. The molecular formula is C34H32F3NO5S. The molecule has 3 fully saturated rings. The molecule has 7 rings (SSSR count). The van der Waals surface area contributed by atoms with Crippen molar-refractivity contribution in [2.24, 2.45) is 11.8 Å². The Morgan fingerprint density at radius 3 is 2.43 bits per heavy atom. The van der Waals surface area contributed by atoms with Crippen LogP contribution >= 0.6 is 11.8 Å². The van der Waals surface area contributed by atoms with Crippen LogP contribution in [0.3, 0.4) is 0 Å². The lowest BCUT2D eigenvalue weighted by atomic mass is 9.86. The normalized spacial score (nSPS) is 23.2. The predicted octanol–water partition coefficient (Wildman–Crippen LogP) is 8.92. The van der Waals surface area contributed by atoms with Gasteiger partial charge < -0.3 is 18.7 Å². The van der Waals surface area contributed by atoms with E-state index in [1.807, 2.05) is 23.9 Å². The minimum absolute atomic E-state index is 0.0640. The molecule has 6 nitrogen and oxygen atoms in total.